The highest BCUT2D eigenvalue weighted by Gasteiger charge is 2.35. The molecule has 0 aliphatic carbocycles. The molecule has 9 heteroatoms. The zero-order valence-corrected chi connectivity index (χ0v) is 15.9. The van der Waals surface area contributed by atoms with Gasteiger partial charge in [-0.3, -0.25) is 4.79 Å². The van der Waals surface area contributed by atoms with Crippen LogP contribution in [-0.4, -0.2) is 68.6 Å². The third-order valence-corrected chi connectivity index (χ3v) is 6.29. The summed E-state index contributed by atoms with van der Waals surface area (Å²) in [6.07, 6.45) is 0.157. The standard InChI is InChI=1S/C18H23NO7S/c1-2-8-19(13-7-9-27(22,23)12-13)17(20)11-25-18(21)16-10-24-14-5-3-4-6-15(14)26-16/h3-6,13,16H,2,7-12H2,1H3/t13-,16+/m0/s1. The van der Waals surface area contributed by atoms with Gasteiger partial charge in [-0.05, 0) is 25.0 Å². The molecule has 0 saturated carbocycles. The van der Waals surface area contributed by atoms with Crippen molar-refractivity contribution in [2.45, 2.75) is 31.9 Å². The zero-order valence-electron chi connectivity index (χ0n) is 15.1. The maximum atomic E-state index is 12.5. The Morgan fingerprint density at radius 1 is 1.26 bits per heavy atom. The maximum Gasteiger partial charge on any atom is 0.351 e. The molecule has 1 saturated heterocycles. The highest BCUT2D eigenvalue weighted by atomic mass is 32.2. The van der Waals surface area contributed by atoms with Crippen LogP contribution in [0, 0.1) is 0 Å². The lowest BCUT2D eigenvalue weighted by molar-refractivity contribution is -0.160. The molecule has 148 valence electrons. The van der Waals surface area contributed by atoms with E-state index >= 15 is 0 Å². The Bertz CT molecular complexity index is 808. The molecule has 2 atom stereocenters. The summed E-state index contributed by atoms with van der Waals surface area (Å²) in [6.45, 7) is 1.88. The summed E-state index contributed by atoms with van der Waals surface area (Å²) in [4.78, 5) is 26.2. The summed E-state index contributed by atoms with van der Waals surface area (Å²) in [7, 11) is -3.11. The quantitative estimate of drug-likeness (QED) is 0.655. The van der Waals surface area contributed by atoms with Gasteiger partial charge < -0.3 is 19.1 Å². The van der Waals surface area contributed by atoms with Crippen LogP contribution in [0.15, 0.2) is 24.3 Å². The third-order valence-electron chi connectivity index (χ3n) is 4.54. The van der Waals surface area contributed by atoms with Gasteiger partial charge >= 0.3 is 5.97 Å². The first-order valence-corrected chi connectivity index (χ1v) is 10.8. The van der Waals surface area contributed by atoms with E-state index in [1.807, 2.05) is 6.92 Å². The van der Waals surface area contributed by atoms with Gasteiger partial charge in [0.1, 0.15) is 6.61 Å². The first-order chi connectivity index (χ1) is 12.9. The molecule has 0 unspecified atom stereocenters. The molecule has 1 aromatic rings. The van der Waals surface area contributed by atoms with E-state index < -0.39 is 34.4 Å². The zero-order chi connectivity index (χ0) is 19.4. The fourth-order valence-corrected chi connectivity index (χ4v) is 4.95. The Morgan fingerprint density at radius 2 is 2.00 bits per heavy atom. The van der Waals surface area contributed by atoms with Crippen molar-refractivity contribution in [3.8, 4) is 11.5 Å². The lowest BCUT2D eigenvalue weighted by Gasteiger charge is -2.28. The van der Waals surface area contributed by atoms with Crippen LogP contribution in [0.2, 0.25) is 0 Å². The van der Waals surface area contributed by atoms with Gasteiger partial charge in [0, 0.05) is 12.6 Å². The first-order valence-electron chi connectivity index (χ1n) is 8.94. The fraction of sp³-hybridized carbons (Fsp3) is 0.556. The van der Waals surface area contributed by atoms with Crippen LogP contribution in [0.4, 0.5) is 0 Å². The van der Waals surface area contributed by atoms with E-state index in [1.54, 1.807) is 24.3 Å². The molecule has 0 radical (unpaired) electrons. The second kappa shape index (κ2) is 8.16. The lowest BCUT2D eigenvalue weighted by Crippen LogP contribution is -2.45. The van der Waals surface area contributed by atoms with E-state index in [1.165, 1.54) is 4.90 Å². The number of ether oxygens (including phenoxy) is 3. The summed E-state index contributed by atoms with van der Waals surface area (Å²) in [5.41, 5.74) is 0. The number of amides is 1. The van der Waals surface area contributed by atoms with Crippen molar-refractivity contribution >= 4 is 21.7 Å². The molecule has 8 nitrogen and oxygen atoms in total. The Hall–Kier alpha value is -2.29. The monoisotopic (exact) mass is 397 g/mol. The lowest BCUT2D eigenvalue weighted by atomic mass is 10.2. The molecule has 2 aliphatic rings. The van der Waals surface area contributed by atoms with Crippen molar-refractivity contribution in [3.05, 3.63) is 24.3 Å². The van der Waals surface area contributed by atoms with E-state index in [-0.39, 0.29) is 24.2 Å². The molecule has 1 amide bonds. The van der Waals surface area contributed by atoms with Crippen LogP contribution in [-0.2, 0) is 24.2 Å². The highest BCUT2D eigenvalue weighted by molar-refractivity contribution is 7.91. The summed E-state index contributed by atoms with van der Waals surface area (Å²) >= 11 is 0. The number of benzene rings is 1. The summed E-state index contributed by atoms with van der Waals surface area (Å²) in [5.74, 6) is -0.0477. The fourth-order valence-electron chi connectivity index (χ4n) is 3.22. The van der Waals surface area contributed by atoms with Gasteiger partial charge in [-0.15, -0.1) is 0 Å². The molecule has 2 heterocycles. The van der Waals surface area contributed by atoms with E-state index in [2.05, 4.69) is 0 Å². The van der Waals surface area contributed by atoms with Crippen molar-refractivity contribution in [3.63, 3.8) is 0 Å². The number of hydrogen-bond donors (Lipinski definition) is 0. The van der Waals surface area contributed by atoms with E-state index in [0.717, 1.165) is 0 Å². The average molecular weight is 397 g/mol. The average Bonchev–Trinajstić information content (AvgIpc) is 3.02. The van der Waals surface area contributed by atoms with E-state index in [0.29, 0.717) is 30.9 Å². The molecular formula is C18H23NO7S. The summed E-state index contributed by atoms with van der Waals surface area (Å²) < 4.78 is 39.5. The molecule has 0 N–H and O–H groups in total. The molecule has 1 aromatic carbocycles. The highest BCUT2D eigenvalue weighted by Crippen LogP contribution is 2.31. The largest absolute Gasteiger partial charge is 0.485 e. The normalized spacial score (nSPS) is 22.9. The molecule has 27 heavy (non-hydrogen) atoms. The number of para-hydroxylation sites is 2. The number of sulfone groups is 1. The van der Waals surface area contributed by atoms with Gasteiger partial charge in [0.2, 0.25) is 6.10 Å². The molecule has 3 rings (SSSR count). The number of esters is 1. The number of carbonyl (C=O) groups is 2. The van der Waals surface area contributed by atoms with Crippen molar-refractivity contribution in [1.82, 2.24) is 4.90 Å². The summed E-state index contributed by atoms with van der Waals surface area (Å²) in [6, 6.07) is 6.62. The number of carbonyl (C=O) groups excluding carboxylic acids is 2. The number of nitrogens with zero attached hydrogens (tertiary/aromatic N) is 1. The number of hydrogen-bond acceptors (Lipinski definition) is 7. The smallest absolute Gasteiger partial charge is 0.351 e. The second-order valence-electron chi connectivity index (χ2n) is 6.62. The van der Waals surface area contributed by atoms with Gasteiger partial charge in [-0.1, -0.05) is 19.1 Å². The molecule has 0 aromatic heterocycles. The predicted molar refractivity (Wildman–Crippen MR) is 96.4 cm³/mol. The van der Waals surface area contributed by atoms with Gasteiger partial charge in [-0.25, -0.2) is 13.2 Å². The van der Waals surface area contributed by atoms with Crippen LogP contribution >= 0.6 is 0 Å². The van der Waals surface area contributed by atoms with Gasteiger partial charge in [0.15, 0.2) is 27.9 Å². The van der Waals surface area contributed by atoms with Gasteiger partial charge in [-0.2, -0.15) is 0 Å². The summed E-state index contributed by atoms with van der Waals surface area (Å²) in [5, 5.41) is 0. The molecule has 0 bridgehead atoms. The van der Waals surface area contributed by atoms with Crippen LogP contribution in [0.5, 0.6) is 11.5 Å². The van der Waals surface area contributed by atoms with Crippen LogP contribution in [0.1, 0.15) is 19.8 Å². The topological polar surface area (TPSA) is 99.2 Å². The minimum atomic E-state index is -3.11. The molecule has 2 aliphatic heterocycles. The molecular weight excluding hydrogens is 374 g/mol. The Labute approximate surface area is 158 Å². The molecule has 0 spiro atoms. The first kappa shape index (κ1) is 19.5. The van der Waals surface area contributed by atoms with E-state index in [9.17, 15) is 18.0 Å². The van der Waals surface area contributed by atoms with Crippen molar-refractivity contribution in [2.75, 3.05) is 31.3 Å². The Kier molecular flexibility index (Phi) is 5.88. The number of fused-ring (bicyclic) bond motifs is 1. The second-order valence-corrected chi connectivity index (χ2v) is 8.84. The van der Waals surface area contributed by atoms with Crippen molar-refractivity contribution < 1.29 is 32.2 Å². The minimum Gasteiger partial charge on any atom is -0.485 e. The van der Waals surface area contributed by atoms with Crippen molar-refractivity contribution in [1.29, 1.82) is 0 Å². The third kappa shape index (κ3) is 4.71. The number of rotatable bonds is 6. The predicted octanol–water partition coefficient (Wildman–Crippen LogP) is 0.795. The van der Waals surface area contributed by atoms with E-state index in [4.69, 9.17) is 14.2 Å². The minimum absolute atomic E-state index is 0.00355. The Balaban J connectivity index is 1.55. The van der Waals surface area contributed by atoms with Crippen LogP contribution < -0.4 is 9.47 Å². The van der Waals surface area contributed by atoms with Gasteiger partial charge in [0.25, 0.3) is 5.91 Å². The van der Waals surface area contributed by atoms with Crippen molar-refractivity contribution in [2.24, 2.45) is 0 Å². The SMILES string of the molecule is CCCN(C(=O)COC(=O)[C@H]1COc2ccccc2O1)[C@H]1CCS(=O)(=O)C1. The van der Waals surface area contributed by atoms with Crippen LogP contribution in [0.25, 0.3) is 0 Å². The Morgan fingerprint density at radius 3 is 2.67 bits per heavy atom. The van der Waals surface area contributed by atoms with Gasteiger partial charge in [0.05, 0.1) is 11.5 Å². The molecule has 1 fully saturated rings. The van der Waals surface area contributed by atoms with Crippen LogP contribution in [0.3, 0.4) is 0 Å². The maximum absolute atomic E-state index is 12.5.